The molecule has 2 aromatic rings. The van der Waals surface area contributed by atoms with Gasteiger partial charge in [0.25, 0.3) is 0 Å². The third-order valence-electron chi connectivity index (χ3n) is 2.11. The van der Waals surface area contributed by atoms with E-state index in [1.807, 2.05) is 12.1 Å². The maximum atomic E-state index is 5.45. The monoisotopic (exact) mass is 176 g/mol. The second-order valence-corrected chi connectivity index (χ2v) is 2.94. The summed E-state index contributed by atoms with van der Waals surface area (Å²) < 4.78 is 10.6. The molecule has 0 saturated heterocycles. The lowest BCUT2D eigenvalue weighted by atomic mass is 10.2. The zero-order chi connectivity index (χ0) is 8.67. The van der Waals surface area contributed by atoms with Gasteiger partial charge in [-0.2, -0.15) is 0 Å². The Morgan fingerprint density at radius 3 is 3.38 bits per heavy atom. The predicted molar refractivity (Wildman–Crippen MR) is 48.0 cm³/mol. The third-order valence-corrected chi connectivity index (χ3v) is 2.11. The van der Waals surface area contributed by atoms with E-state index < -0.39 is 0 Å². The van der Waals surface area contributed by atoms with Crippen LogP contribution in [0, 0.1) is 0 Å². The Kier molecular flexibility index (Phi) is 1.24. The van der Waals surface area contributed by atoms with Crippen LogP contribution in [0.5, 0.6) is 5.75 Å². The fraction of sp³-hybridized carbons (Fsp3) is 0.222. The summed E-state index contributed by atoms with van der Waals surface area (Å²) in [5, 5.41) is 3.24. The van der Waals surface area contributed by atoms with Gasteiger partial charge < -0.3 is 14.5 Å². The molecule has 1 aliphatic heterocycles. The summed E-state index contributed by atoms with van der Waals surface area (Å²) in [5.74, 6) is 0.843. The molecule has 0 spiro atoms. The number of nitrogens with one attached hydrogen (secondary N) is 1. The Hall–Kier alpha value is -1.71. The second kappa shape index (κ2) is 2.39. The van der Waals surface area contributed by atoms with Gasteiger partial charge in [-0.05, 0) is 6.07 Å². The van der Waals surface area contributed by atoms with Crippen molar-refractivity contribution < 1.29 is 9.15 Å². The zero-order valence-electron chi connectivity index (χ0n) is 6.91. The molecule has 2 heterocycles. The molecule has 0 amide bonds. The lowest BCUT2D eigenvalue weighted by Crippen LogP contribution is -2.17. The van der Waals surface area contributed by atoms with Crippen molar-refractivity contribution in [3.63, 3.8) is 0 Å². The van der Waals surface area contributed by atoms with Crippen LogP contribution in [0.1, 0.15) is 0 Å². The number of aromatic nitrogens is 1. The Labute approximate surface area is 74.5 Å². The second-order valence-electron chi connectivity index (χ2n) is 2.94. The average molecular weight is 176 g/mol. The third kappa shape index (κ3) is 0.950. The van der Waals surface area contributed by atoms with Crippen molar-refractivity contribution in [2.45, 2.75) is 0 Å². The molecule has 66 valence electrons. The minimum atomic E-state index is 0.701. The van der Waals surface area contributed by atoms with E-state index in [4.69, 9.17) is 9.15 Å². The maximum Gasteiger partial charge on any atom is 0.181 e. The molecule has 0 bridgehead atoms. The first kappa shape index (κ1) is 6.77. The standard InChI is InChI=1S/C9H8N2O2/c1-2-12-8-4-9-7(11-5-13-9)3-6(8)10-1/h3-5,10H,1-2H2. The first-order chi connectivity index (χ1) is 6.43. The minimum Gasteiger partial charge on any atom is -0.489 e. The van der Waals surface area contributed by atoms with Gasteiger partial charge in [-0.15, -0.1) is 0 Å². The fourth-order valence-corrected chi connectivity index (χ4v) is 1.49. The van der Waals surface area contributed by atoms with Gasteiger partial charge in [-0.25, -0.2) is 4.98 Å². The van der Waals surface area contributed by atoms with Crippen molar-refractivity contribution in [2.75, 3.05) is 18.5 Å². The van der Waals surface area contributed by atoms with Crippen LogP contribution in [-0.2, 0) is 0 Å². The Morgan fingerprint density at radius 1 is 1.38 bits per heavy atom. The van der Waals surface area contributed by atoms with Crippen molar-refractivity contribution in [3.8, 4) is 5.75 Å². The molecule has 4 nitrogen and oxygen atoms in total. The minimum absolute atomic E-state index is 0.701. The summed E-state index contributed by atoms with van der Waals surface area (Å²) in [6.07, 6.45) is 1.44. The van der Waals surface area contributed by atoms with Crippen LogP contribution in [0.25, 0.3) is 11.1 Å². The van der Waals surface area contributed by atoms with Gasteiger partial charge in [0, 0.05) is 12.6 Å². The molecular formula is C9H8N2O2. The molecule has 1 N–H and O–H groups in total. The first-order valence-corrected chi connectivity index (χ1v) is 4.17. The van der Waals surface area contributed by atoms with Gasteiger partial charge in [0.15, 0.2) is 12.0 Å². The Bertz CT molecular complexity index is 410. The molecule has 0 aliphatic carbocycles. The highest BCUT2D eigenvalue weighted by atomic mass is 16.5. The SMILES string of the molecule is c1nc2cc3c(cc2o1)OCCN3. The van der Waals surface area contributed by atoms with Crippen molar-refractivity contribution in [1.82, 2.24) is 4.98 Å². The Balaban J connectivity index is 2.28. The topological polar surface area (TPSA) is 47.3 Å². The van der Waals surface area contributed by atoms with Crippen LogP contribution in [0.2, 0.25) is 0 Å². The van der Waals surface area contributed by atoms with Gasteiger partial charge in [0.05, 0.1) is 5.69 Å². The number of hydrogen-bond acceptors (Lipinski definition) is 4. The van der Waals surface area contributed by atoms with E-state index in [0.717, 1.165) is 29.1 Å². The fourth-order valence-electron chi connectivity index (χ4n) is 1.49. The van der Waals surface area contributed by atoms with Gasteiger partial charge in [0.2, 0.25) is 0 Å². The van der Waals surface area contributed by atoms with Crippen LogP contribution >= 0.6 is 0 Å². The maximum absolute atomic E-state index is 5.45. The van der Waals surface area contributed by atoms with Gasteiger partial charge in [0.1, 0.15) is 17.9 Å². The number of nitrogens with zero attached hydrogens (tertiary/aromatic N) is 1. The average Bonchev–Trinajstić information content (AvgIpc) is 2.61. The molecule has 13 heavy (non-hydrogen) atoms. The number of rotatable bonds is 0. The quantitative estimate of drug-likeness (QED) is 0.662. The van der Waals surface area contributed by atoms with E-state index in [2.05, 4.69) is 10.3 Å². The molecule has 4 heteroatoms. The van der Waals surface area contributed by atoms with E-state index in [1.165, 1.54) is 6.39 Å². The van der Waals surface area contributed by atoms with Crippen LogP contribution in [0.3, 0.4) is 0 Å². The lowest BCUT2D eigenvalue weighted by Gasteiger charge is -2.18. The normalized spacial score (nSPS) is 14.8. The lowest BCUT2D eigenvalue weighted by molar-refractivity contribution is 0.323. The van der Waals surface area contributed by atoms with E-state index in [-0.39, 0.29) is 0 Å². The molecular weight excluding hydrogens is 168 g/mol. The molecule has 0 unspecified atom stereocenters. The van der Waals surface area contributed by atoms with Crippen molar-refractivity contribution in [1.29, 1.82) is 0 Å². The largest absolute Gasteiger partial charge is 0.489 e. The van der Waals surface area contributed by atoms with Crippen molar-refractivity contribution >= 4 is 16.8 Å². The number of hydrogen-bond donors (Lipinski definition) is 1. The van der Waals surface area contributed by atoms with Crippen LogP contribution in [0.4, 0.5) is 5.69 Å². The van der Waals surface area contributed by atoms with E-state index in [0.29, 0.717) is 6.61 Å². The number of benzene rings is 1. The highest BCUT2D eigenvalue weighted by Gasteiger charge is 2.12. The predicted octanol–water partition coefficient (Wildman–Crippen LogP) is 1.63. The van der Waals surface area contributed by atoms with E-state index >= 15 is 0 Å². The van der Waals surface area contributed by atoms with Crippen molar-refractivity contribution in [2.24, 2.45) is 0 Å². The smallest absolute Gasteiger partial charge is 0.181 e. The zero-order valence-corrected chi connectivity index (χ0v) is 6.91. The van der Waals surface area contributed by atoms with Crippen LogP contribution in [0.15, 0.2) is 22.9 Å². The molecule has 1 aromatic carbocycles. The summed E-state index contributed by atoms with van der Waals surface area (Å²) in [4.78, 5) is 4.06. The summed E-state index contributed by atoms with van der Waals surface area (Å²) in [7, 11) is 0. The molecule has 0 fully saturated rings. The number of fused-ring (bicyclic) bond motifs is 2. The highest BCUT2D eigenvalue weighted by Crippen LogP contribution is 2.31. The number of oxazole rings is 1. The number of anilines is 1. The molecule has 1 aliphatic rings. The molecule has 0 radical (unpaired) electrons. The Morgan fingerprint density at radius 2 is 2.38 bits per heavy atom. The first-order valence-electron chi connectivity index (χ1n) is 4.17. The van der Waals surface area contributed by atoms with E-state index in [1.54, 1.807) is 0 Å². The van der Waals surface area contributed by atoms with Crippen LogP contribution < -0.4 is 10.1 Å². The van der Waals surface area contributed by atoms with Gasteiger partial charge in [-0.1, -0.05) is 0 Å². The van der Waals surface area contributed by atoms with E-state index in [9.17, 15) is 0 Å². The molecule has 0 atom stereocenters. The van der Waals surface area contributed by atoms with Gasteiger partial charge in [-0.3, -0.25) is 0 Å². The summed E-state index contributed by atoms with van der Waals surface area (Å²) in [6.45, 7) is 1.54. The molecule has 3 rings (SSSR count). The summed E-state index contributed by atoms with van der Waals surface area (Å²) in [5.41, 5.74) is 2.62. The summed E-state index contributed by atoms with van der Waals surface area (Å²) in [6, 6.07) is 3.80. The molecule has 1 aromatic heterocycles. The highest BCUT2D eigenvalue weighted by molar-refractivity contribution is 5.81. The number of ether oxygens (including phenoxy) is 1. The molecule has 0 saturated carbocycles. The van der Waals surface area contributed by atoms with Crippen molar-refractivity contribution in [3.05, 3.63) is 18.5 Å². The van der Waals surface area contributed by atoms with Crippen LogP contribution in [-0.4, -0.2) is 18.1 Å². The summed E-state index contributed by atoms with van der Waals surface area (Å²) >= 11 is 0. The van der Waals surface area contributed by atoms with Gasteiger partial charge >= 0.3 is 0 Å².